The van der Waals surface area contributed by atoms with Gasteiger partial charge in [0.2, 0.25) is 0 Å². The molecular formula is C11H14FN. The van der Waals surface area contributed by atoms with E-state index in [1.165, 1.54) is 0 Å². The molecule has 1 aliphatic rings. The summed E-state index contributed by atoms with van der Waals surface area (Å²) in [5.41, 5.74) is 6.10. The van der Waals surface area contributed by atoms with Gasteiger partial charge >= 0.3 is 0 Å². The summed E-state index contributed by atoms with van der Waals surface area (Å²) in [6, 6.07) is 9.31. The Kier molecular flexibility index (Phi) is 2.08. The van der Waals surface area contributed by atoms with Crippen LogP contribution in [0.5, 0.6) is 0 Å². The second-order valence-corrected chi connectivity index (χ2v) is 3.84. The molecule has 0 bridgehead atoms. The summed E-state index contributed by atoms with van der Waals surface area (Å²) < 4.78 is 13.9. The van der Waals surface area contributed by atoms with Crippen molar-refractivity contribution in [3.63, 3.8) is 0 Å². The molecule has 0 spiro atoms. The van der Waals surface area contributed by atoms with Crippen molar-refractivity contribution in [3.05, 3.63) is 35.9 Å². The average molecular weight is 179 g/mol. The minimum atomic E-state index is -0.876. The summed E-state index contributed by atoms with van der Waals surface area (Å²) in [5.74, 6) is 0. The van der Waals surface area contributed by atoms with Crippen molar-refractivity contribution in [2.24, 2.45) is 11.1 Å². The first-order chi connectivity index (χ1) is 6.28. The summed E-state index contributed by atoms with van der Waals surface area (Å²) in [4.78, 5) is 0. The predicted molar refractivity (Wildman–Crippen MR) is 51.0 cm³/mol. The lowest BCUT2D eigenvalue weighted by Crippen LogP contribution is -2.20. The summed E-state index contributed by atoms with van der Waals surface area (Å²) in [5, 5.41) is 0. The number of hydrogen-bond donors (Lipinski definition) is 1. The van der Waals surface area contributed by atoms with E-state index in [-0.39, 0.29) is 5.41 Å². The number of alkyl halides is 1. The van der Waals surface area contributed by atoms with Crippen LogP contribution in [0.1, 0.15) is 24.6 Å². The fourth-order valence-corrected chi connectivity index (χ4v) is 1.70. The van der Waals surface area contributed by atoms with Gasteiger partial charge in [-0.2, -0.15) is 0 Å². The van der Waals surface area contributed by atoms with Crippen LogP contribution in [0.3, 0.4) is 0 Å². The smallest absolute Gasteiger partial charge is 0.132 e. The molecule has 1 aromatic carbocycles. The van der Waals surface area contributed by atoms with E-state index in [0.29, 0.717) is 6.54 Å². The van der Waals surface area contributed by atoms with Gasteiger partial charge in [-0.25, -0.2) is 4.39 Å². The molecule has 0 amide bonds. The summed E-state index contributed by atoms with van der Waals surface area (Å²) in [6.45, 7) is 0.461. The molecule has 0 aromatic heterocycles. The molecular weight excluding hydrogens is 165 g/mol. The van der Waals surface area contributed by atoms with Crippen LogP contribution in [0.15, 0.2) is 30.3 Å². The van der Waals surface area contributed by atoms with Crippen molar-refractivity contribution in [2.45, 2.75) is 19.0 Å². The molecule has 1 aliphatic carbocycles. The molecule has 1 fully saturated rings. The molecule has 0 radical (unpaired) electrons. The molecule has 1 atom stereocenters. The van der Waals surface area contributed by atoms with Crippen LogP contribution in [0.25, 0.3) is 0 Å². The van der Waals surface area contributed by atoms with Gasteiger partial charge in [-0.3, -0.25) is 0 Å². The van der Waals surface area contributed by atoms with E-state index in [2.05, 4.69) is 0 Å². The molecule has 2 rings (SSSR count). The molecule has 0 aliphatic heterocycles. The van der Waals surface area contributed by atoms with Crippen LogP contribution in [0.2, 0.25) is 0 Å². The van der Waals surface area contributed by atoms with Gasteiger partial charge in [0.1, 0.15) is 6.17 Å². The van der Waals surface area contributed by atoms with Crippen LogP contribution in [-0.4, -0.2) is 6.54 Å². The Bertz CT molecular complexity index is 279. The first-order valence-corrected chi connectivity index (χ1v) is 4.68. The fourth-order valence-electron chi connectivity index (χ4n) is 1.70. The SMILES string of the molecule is NCC1(C(F)c2ccccc2)CC1. The van der Waals surface area contributed by atoms with E-state index < -0.39 is 6.17 Å². The second-order valence-electron chi connectivity index (χ2n) is 3.84. The normalized spacial score (nSPS) is 21.1. The average Bonchev–Trinajstić information content (AvgIpc) is 2.99. The maximum Gasteiger partial charge on any atom is 0.132 e. The van der Waals surface area contributed by atoms with Crippen LogP contribution in [0, 0.1) is 5.41 Å². The summed E-state index contributed by atoms with van der Waals surface area (Å²) >= 11 is 0. The molecule has 0 heterocycles. The van der Waals surface area contributed by atoms with Crippen LogP contribution < -0.4 is 5.73 Å². The molecule has 13 heavy (non-hydrogen) atoms. The Labute approximate surface area is 77.8 Å². The topological polar surface area (TPSA) is 26.0 Å². The third kappa shape index (κ3) is 1.46. The van der Waals surface area contributed by atoms with E-state index in [1.54, 1.807) is 0 Å². The zero-order valence-electron chi connectivity index (χ0n) is 7.54. The van der Waals surface area contributed by atoms with Crippen molar-refractivity contribution >= 4 is 0 Å². The van der Waals surface area contributed by atoms with Crippen LogP contribution in [0.4, 0.5) is 4.39 Å². The highest BCUT2D eigenvalue weighted by molar-refractivity contribution is 5.22. The Morgan fingerprint density at radius 2 is 1.92 bits per heavy atom. The quantitative estimate of drug-likeness (QED) is 0.757. The van der Waals surface area contributed by atoms with Gasteiger partial charge < -0.3 is 5.73 Å². The van der Waals surface area contributed by atoms with E-state index in [4.69, 9.17) is 5.73 Å². The molecule has 1 unspecified atom stereocenters. The zero-order valence-corrected chi connectivity index (χ0v) is 7.54. The predicted octanol–water partition coefficient (Wildman–Crippen LogP) is 2.44. The zero-order chi connectivity index (χ0) is 9.31. The minimum Gasteiger partial charge on any atom is -0.330 e. The first kappa shape index (κ1) is 8.70. The van der Waals surface area contributed by atoms with E-state index >= 15 is 0 Å². The van der Waals surface area contributed by atoms with Crippen molar-refractivity contribution < 1.29 is 4.39 Å². The maximum absolute atomic E-state index is 13.9. The second kappa shape index (κ2) is 3.11. The van der Waals surface area contributed by atoms with E-state index in [9.17, 15) is 4.39 Å². The highest BCUT2D eigenvalue weighted by Gasteiger charge is 2.49. The Morgan fingerprint density at radius 3 is 2.38 bits per heavy atom. The molecule has 0 saturated heterocycles. The molecule has 1 saturated carbocycles. The number of nitrogens with two attached hydrogens (primary N) is 1. The van der Waals surface area contributed by atoms with Gasteiger partial charge in [-0.15, -0.1) is 0 Å². The number of benzene rings is 1. The third-order valence-electron chi connectivity index (χ3n) is 2.93. The molecule has 1 aromatic rings. The largest absolute Gasteiger partial charge is 0.330 e. The first-order valence-electron chi connectivity index (χ1n) is 4.68. The lowest BCUT2D eigenvalue weighted by Gasteiger charge is -2.17. The van der Waals surface area contributed by atoms with Gasteiger partial charge in [0.05, 0.1) is 0 Å². The van der Waals surface area contributed by atoms with Crippen molar-refractivity contribution in [1.29, 1.82) is 0 Å². The minimum absolute atomic E-state index is 0.235. The number of hydrogen-bond acceptors (Lipinski definition) is 1. The maximum atomic E-state index is 13.9. The number of rotatable bonds is 3. The summed E-state index contributed by atoms with van der Waals surface area (Å²) in [7, 11) is 0. The van der Waals surface area contributed by atoms with Gasteiger partial charge in [0.25, 0.3) is 0 Å². The Balaban J connectivity index is 2.18. The Hall–Kier alpha value is -0.890. The van der Waals surface area contributed by atoms with Gasteiger partial charge in [0.15, 0.2) is 0 Å². The molecule has 70 valence electrons. The molecule has 2 heteroatoms. The van der Waals surface area contributed by atoms with Gasteiger partial charge in [-0.05, 0) is 18.4 Å². The number of halogens is 1. The van der Waals surface area contributed by atoms with Crippen LogP contribution >= 0.6 is 0 Å². The van der Waals surface area contributed by atoms with Crippen molar-refractivity contribution in [2.75, 3.05) is 6.54 Å². The molecule has 1 nitrogen and oxygen atoms in total. The fraction of sp³-hybridized carbons (Fsp3) is 0.455. The summed E-state index contributed by atoms with van der Waals surface area (Å²) in [6.07, 6.45) is 0.984. The van der Waals surface area contributed by atoms with E-state index in [1.807, 2.05) is 30.3 Å². The lowest BCUT2D eigenvalue weighted by molar-refractivity contribution is 0.217. The van der Waals surface area contributed by atoms with Gasteiger partial charge in [-0.1, -0.05) is 30.3 Å². The van der Waals surface area contributed by atoms with Crippen molar-refractivity contribution in [3.8, 4) is 0 Å². The monoisotopic (exact) mass is 179 g/mol. The lowest BCUT2D eigenvalue weighted by atomic mass is 9.94. The Morgan fingerprint density at radius 1 is 1.31 bits per heavy atom. The highest BCUT2D eigenvalue weighted by Crippen LogP contribution is 2.55. The van der Waals surface area contributed by atoms with Crippen LogP contribution in [-0.2, 0) is 0 Å². The highest BCUT2D eigenvalue weighted by atomic mass is 19.1. The van der Waals surface area contributed by atoms with E-state index in [0.717, 1.165) is 18.4 Å². The molecule has 2 N–H and O–H groups in total. The van der Waals surface area contributed by atoms with Crippen molar-refractivity contribution in [1.82, 2.24) is 0 Å². The third-order valence-corrected chi connectivity index (χ3v) is 2.93. The van der Waals surface area contributed by atoms with Gasteiger partial charge in [0, 0.05) is 12.0 Å². The standard InChI is InChI=1S/C11H14FN/c12-10(11(8-13)6-7-11)9-4-2-1-3-5-9/h1-5,10H,6-8,13H2.